The van der Waals surface area contributed by atoms with Gasteiger partial charge in [-0.05, 0) is 25.2 Å². The normalized spacial score (nSPS) is 32.5. The number of carbonyl (C=O) groups excluding carboxylic acids is 1. The van der Waals surface area contributed by atoms with Crippen LogP contribution in [0.25, 0.3) is 0 Å². The van der Waals surface area contributed by atoms with Crippen molar-refractivity contribution in [1.29, 1.82) is 0 Å². The minimum atomic E-state index is -0.375. The van der Waals surface area contributed by atoms with Gasteiger partial charge >= 0.3 is 0 Å². The number of hydrogen-bond acceptors (Lipinski definition) is 4. The van der Waals surface area contributed by atoms with E-state index in [4.69, 9.17) is 14.2 Å². The monoisotopic (exact) mass is 299 g/mol. The number of ether oxygens (including phenoxy) is 3. The highest BCUT2D eigenvalue weighted by Gasteiger charge is 2.43. The van der Waals surface area contributed by atoms with Gasteiger partial charge in [-0.1, -0.05) is 20.3 Å². The van der Waals surface area contributed by atoms with E-state index in [2.05, 4.69) is 19.2 Å². The average Bonchev–Trinajstić information content (AvgIpc) is 2.88. The number of hydrogen-bond donors (Lipinski definition) is 1. The molecule has 0 unspecified atom stereocenters. The summed E-state index contributed by atoms with van der Waals surface area (Å²) in [6, 6.07) is 0. The molecule has 5 nitrogen and oxygen atoms in total. The predicted octanol–water partition coefficient (Wildman–Crippen LogP) is 2.24. The summed E-state index contributed by atoms with van der Waals surface area (Å²) in [5.41, 5.74) is 0. The first-order chi connectivity index (χ1) is 10.1. The number of carbonyl (C=O) groups is 1. The molecule has 0 aromatic rings. The van der Waals surface area contributed by atoms with Crippen LogP contribution in [0.5, 0.6) is 0 Å². The molecule has 122 valence electrons. The van der Waals surface area contributed by atoms with E-state index < -0.39 is 0 Å². The van der Waals surface area contributed by atoms with Crippen LogP contribution in [0.2, 0.25) is 0 Å². The molecule has 0 bridgehead atoms. The maximum Gasteiger partial charge on any atom is 0.246 e. The van der Waals surface area contributed by atoms with Crippen molar-refractivity contribution in [3.63, 3.8) is 0 Å². The van der Waals surface area contributed by atoms with Gasteiger partial charge in [-0.3, -0.25) is 4.79 Å². The van der Waals surface area contributed by atoms with Crippen LogP contribution in [-0.2, 0) is 19.0 Å². The fourth-order valence-corrected chi connectivity index (χ4v) is 2.87. The fourth-order valence-electron chi connectivity index (χ4n) is 2.87. The van der Waals surface area contributed by atoms with E-state index in [1.54, 1.807) is 0 Å². The third kappa shape index (κ3) is 5.24. The molecule has 1 heterocycles. The molecule has 0 radical (unpaired) electrons. The Morgan fingerprint density at radius 2 is 2.14 bits per heavy atom. The summed E-state index contributed by atoms with van der Waals surface area (Å²) in [5, 5.41) is 2.86. The standard InChI is InChI=1S/C16H29NO4/c1-3-4-9-19-12-15(18)17-10-14-11-20-16(21-14)7-5-13(2)6-8-16/h13-14H,3-12H2,1-2H3,(H,17,18)/t13?,14-,16?/m1/s1. The van der Waals surface area contributed by atoms with Gasteiger partial charge in [0.15, 0.2) is 5.79 Å². The van der Waals surface area contributed by atoms with Gasteiger partial charge in [0.05, 0.1) is 6.61 Å². The lowest BCUT2D eigenvalue weighted by atomic mass is 9.86. The Hall–Kier alpha value is -0.650. The van der Waals surface area contributed by atoms with Crippen LogP contribution in [0, 0.1) is 5.92 Å². The van der Waals surface area contributed by atoms with Crippen LogP contribution in [-0.4, -0.2) is 44.2 Å². The molecule has 2 rings (SSSR count). The van der Waals surface area contributed by atoms with E-state index in [1.807, 2.05) is 0 Å². The van der Waals surface area contributed by atoms with E-state index in [1.165, 1.54) is 0 Å². The zero-order valence-corrected chi connectivity index (χ0v) is 13.4. The molecule has 5 heteroatoms. The lowest BCUT2D eigenvalue weighted by Gasteiger charge is -2.34. The van der Waals surface area contributed by atoms with Crippen LogP contribution in [0.3, 0.4) is 0 Å². The third-order valence-electron chi connectivity index (χ3n) is 4.35. The van der Waals surface area contributed by atoms with Crippen LogP contribution in [0.15, 0.2) is 0 Å². The van der Waals surface area contributed by atoms with E-state index in [0.717, 1.165) is 44.4 Å². The van der Waals surface area contributed by atoms with Crippen LogP contribution in [0.4, 0.5) is 0 Å². The van der Waals surface area contributed by atoms with Crippen LogP contribution < -0.4 is 5.32 Å². The second-order valence-corrected chi connectivity index (χ2v) is 6.35. The summed E-state index contributed by atoms with van der Waals surface area (Å²) in [7, 11) is 0. The SMILES string of the molecule is CCCCOCC(=O)NC[C@@H]1COC2(CCC(C)CC2)O1. The van der Waals surface area contributed by atoms with E-state index >= 15 is 0 Å². The van der Waals surface area contributed by atoms with Crippen LogP contribution >= 0.6 is 0 Å². The predicted molar refractivity (Wildman–Crippen MR) is 79.9 cm³/mol. The Labute approximate surface area is 127 Å². The maximum atomic E-state index is 11.6. The smallest absolute Gasteiger partial charge is 0.246 e. The summed E-state index contributed by atoms with van der Waals surface area (Å²) >= 11 is 0. The zero-order chi connectivity index (χ0) is 15.1. The summed E-state index contributed by atoms with van der Waals surface area (Å²) in [4.78, 5) is 11.6. The topological polar surface area (TPSA) is 56.8 Å². The molecule has 1 aliphatic heterocycles. The molecule has 1 N–H and O–H groups in total. The maximum absolute atomic E-state index is 11.6. The Morgan fingerprint density at radius 3 is 2.86 bits per heavy atom. The average molecular weight is 299 g/mol. The van der Waals surface area contributed by atoms with E-state index in [0.29, 0.717) is 19.8 Å². The van der Waals surface area contributed by atoms with Crippen LogP contribution in [0.1, 0.15) is 52.4 Å². The summed E-state index contributed by atoms with van der Waals surface area (Å²) < 4.78 is 17.2. The van der Waals surface area contributed by atoms with Gasteiger partial charge < -0.3 is 19.5 Å². The van der Waals surface area contributed by atoms with Gasteiger partial charge in [-0.25, -0.2) is 0 Å². The first-order valence-corrected chi connectivity index (χ1v) is 8.30. The number of unbranched alkanes of at least 4 members (excludes halogenated alkanes) is 1. The zero-order valence-electron chi connectivity index (χ0n) is 13.4. The Morgan fingerprint density at radius 1 is 1.38 bits per heavy atom. The lowest BCUT2D eigenvalue weighted by Crippen LogP contribution is -2.39. The van der Waals surface area contributed by atoms with Gasteiger partial charge in [-0.2, -0.15) is 0 Å². The van der Waals surface area contributed by atoms with Gasteiger partial charge in [-0.15, -0.1) is 0 Å². The Kier molecular flexibility index (Phi) is 6.45. The second-order valence-electron chi connectivity index (χ2n) is 6.35. The van der Waals surface area contributed by atoms with Gasteiger partial charge in [0.25, 0.3) is 0 Å². The second kappa shape index (κ2) is 8.11. The minimum absolute atomic E-state index is 0.0296. The molecule has 0 aromatic carbocycles. The molecule has 1 amide bonds. The molecule has 1 spiro atoms. The molecular weight excluding hydrogens is 270 g/mol. The molecule has 1 saturated heterocycles. The number of rotatable bonds is 7. The van der Waals surface area contributed by atoms with E-state index in [-0.39, 0.29) is 24.4 Å². The van der Waals surface area contributed by atoms with Gasteiger partial charge in [0, 0.05) is 26.0 Å². The Balaban J connectivity index is 1.61. The summed E-state index contributed by atoms with van der Waals surface area (Å²) in [6.45, 7) is 6.24. The van der Waals surface area contributed by atoms with Crippen molar-refractivity contribution in [3.05, 3.63) is 0 Å². The molecule has 0 aromatic heterocycles. The molecule has 1 saturated carbocycles. The largest absolute Gasteiger partial charge is 0.372 e. The summed E-state index contributed by atoms with van der Waals surface area (Å²) in [5.74, 6) is 0.314. The van der Waals surface area contributed by atoms with Crippen molar-refractivity contribution in [3.8, 4) is 0 Å². The van der Waals surface area contributed by atoms with Crippen molar-refractivity contribution in [1.82, 2.24) is 5.32 Å². The fraction of sp³-hybridized carbons (Fsp3) is 0.938. The van der Waals surface area contributed by atoms with Crippen molar-refractivity contribution < 1.29 is 19.0 Å². The van der Waals surface area contributed by atoms with Crippen molar-refractivity contribution in [2.75, 3.05) is 26.4 Å². The molecule has 2 fully saturated rings. The molecule has 21 heavy (non-hydrogen) atoms. The first-order valence-electron chi connectivity index (χ1n) is 8.30. The summed E-state index contributed by atoms with van der Waals surface area (Å²) in [6.07, 6.45) is 6.30. The van der Waals surface area contributed by atoms with E-state index in [9.17, 15) is 4.79 Å². The number of nitrogens with one attached hydrogen (secondary N) is 1. The highest BCUT2D eigenvalue weighted by Crippen LogP contribution is 2.39. The van der Waals surface area contributed by atoms with Gasteiger partial charge in [0.1, 0.15) is 12.7 Å². The van der Waals surface area contributed by atoms with Crippen molar-refractivity contribution in [2.45, 2.75) is 64.3 Å². The minimum Gasteiger partial charge on any atom is -0.372 e. The highest BCUT2D eigenvalue weighted by atomic mass is 16.7. The molecule has 1 aliphatic carbocycles. The Bertz CT molecular complexity index is 326. The highest BCUT2D eigenvalue weighted by molar-refractivity contribution is 5.77. The first kappa shape index (κ1) is 16.7. The van der Waals surface area contributed by atoms with Crippen molar-refractivity contribution >= 4 is 5.91 Å². The molecule has 1 atom stereocenters. The third-order valence-corrected chi connectivity index (χ3v) is 4.35. The quantitative estimate of drug-likeness (QED) is 0.733. The molecule has 2 aliphatic rings. The molecular formula is C16H29NO4. The van der Waals surface area contributed by atoms with Gasteiger partial charge in [0.2, 0.25) is 5.91 Å². The number of amides is 1. The van der Waals surface area contributed by atoms with Crippen molar-refractivity contribution in [2.24, 2.45) is 5.92 Å². The lowest BCUT2D eigenvalue weighted by molar-refractivity contribution is -0.191.